The van der Waals surface area contributed by atoms with E-state index >= 15 is 0 Å². The SMILES string of the molecule is COc1ccccc1C(C)I=N. The average molecular weight is 277 g/mol. The molecule has 0 saturated heterocycles. The van der Waals surface area contributed by atoms with Crippen LogP contribution in [0.1, 0.15) is 16.4 Å². The Balaban J connectivity index is 3.04. The van der Waals surface area contributed by atoms with Gasteiger partial charge in [0.15, 0.2) is 0 Å². The van der Waals surface area contributed by atoms with Crippen LogP contribution in [0.5, 0.6) is 5.75 Å². The maximum absolute atomic E-state index is 7.37. The van der Waals surface area contributed by atoms with Crippen molar-refractivity contribution in [1.29, 1.82) is 3.56 Å². The molecule has 0 aliphatic carbocycles. The first-order chi connectivity index (χ1) is 5.79. The highest BCUT2D eigenvalue weighted by Gasteiger charge is 2.07. The second-order valence-electron chi connectivity index (χ2n) is 2.47. The Morgan fingerprint density at radius 1 is 1.42 bits per heavy atom. The number of para-hydroxylation sites is 1. The van der Waals surface area contributed by atoms with Gasteiger partial charge < -0.3 is 4.74 Å². The number of alkyl halides is 1. The topological polar surface area (TPSA) is 33.1 Å². The molecule has 1 aromatic rings. The van der Waals surface area contributed by atoms with Crippen molar-refractivity contribution in [3.63, 3.8) is 0 Å². The molecule has 0 saturated carbocycles. The van der Waals surface area contributed by atoms with Crippen LogP contribution >= 0.6 is 21.0 Å². The van der Waals surface area contributed by atoms with Gasteiger partial charge in [0.1, 0.15) is 5.75 Å². The Labute approximate surface area is 82.9 Å². The fraction of sp³-hybridized carbons (Fsp3) is 0.333. The lowest BCUT2D eigenvalue weighted by atomic mass is 10.1. The quantitative estimate of drug-likeness (QED) is 0.665. The highest BCUT2D eigenvalue weighted by atomic mass is 127. The fourth-order valence-electron chi connectivity index (χ4n) is 1.05. The molecule has 0 aliphatic rings. The zero-order valence-corrected chi connectivity index (χ0v) is 9.33. The summed E-state index contributed by atoms with van der Waals surface area (Å²) in [6.07, 6.45) is 0. The smallest absolute Gasteiger partial charge is 0.123 e. The number of halogens is 1. The standard InChI is InChI=1S/C9H12INO/c1-7(10-11)8-5-3-4-6-9(8)12-2/h3-7,11H,1-2H3. The highest BCUT2D eigenvalue weighted by Crippen LogP contribution is 2.33. The molecular formula is C9H12INO. The van der Waals surface area contributed by atoms with Crippen LogP contribution in [0.25, 0.3) is 0 Å². The molecule has 1 atom stereocenters. The van der Waals surface area contributed by atoms with Crippen LogP contribution in [0, 0.1) is 3.56 Å². The molecule has 0 aliphatic heterocycles. The number of rotatable bonds is 3. The fourth-order valence-corrected chi connectivity index (χ4v) is 1.90. The van der Waals surface area contributed by atoms with Crippen molar-refractivity contribution in [3.05, 3.63) is 29.8 Å². The number of benzene rings is 1. The Bertz CT molecular complexity index is 275. The first-order valence-electron chi connectivity index (χ1n) is 3.71. The van der Waals surface area contributed by atoms with Crippen molar-refractivity contribution in [1.82, 2.24) is 0 Å². The largest absolute Gasteiger partial charge is 0.496 e. The summed E-state index contributed by atoms with van der Waals surface area (Å²) in [6, 6.07) is 7.94. The Morgan fingerprint density at radius 2 is 2.08 bits per heavy atom. The summed E-state index contributed by atoms with van der Waals surface area (Å²) in [4.78, 5) is 0. The van der Waals surface area contributed by atoms with E-state index in [4.69, 9.17) is 8.30 Å². The molecule has 0 bridgehead atoms. The number of methoxy groups -OCH3 is 1. The van der Waals surface area contributed by atoms with Crippen LogP contribution in [0.15, 0.2) is 24.3 Å². The van der Waals surface area contributed by atoms with E-state index in [1.807, 2.05) is 24.3 Å². The van der Waals surface area contributed by atoms with Gasteiger partial charge in [-0.15, -0.1) is 0 Å². The molecule has 0 radical (unpaired) electrons. The molecular weight excluding hydrogens is 265 g/mol. The monoisotopic (exact) mass is 277 g/mol. The summed E-state index contributed by atoms with van der Waals surface area (Å²) < 4.78 is 12.9. The number of nitrogens with one attached hydrogen (secondary N) is 1. The minimum absolute atomic E-state index is 0.361. The van der Waals surface area contributed by atoms with E-state index in [0.717, 1.165) is 5.75 Å². The second-order valence-corrected chi connectivity index (χ2v) is 4.96. The summed E-state index contributed by atoms with van der Waals surface area (Å²) >= 11 is -0.487. The maximum atomic E-state index is 7.37. The lowest BCUT2D eigenvalue weighted by molar-refractivity contribution is 0.410. The van der Waals surface area contributed by atoms with Gasteiger partial charge in [0.05, 0.1) is 7.11 Å². The van der Waals surface area contributed by atoms with Gasteiger partial charge >= 0.3 is 0 Å². The minimum Gasteiger partial charge on any atom is -0.496 e. The van der Waals surface area contributed by atoms with E-state index in [2.05, 4.69) is 6.92 Å². The van der Waals surface area contributed by atoms with Gasteiger partial charge in [0.25, 0.3) is 0 Å². The predicted molar refractivity (Wildman–Crippen MR) is 58.1 cm³/mol. The van der Waals surface area contributed by atoms with Crippen LogP contribution in [-0.4, -0.2) is 7.11 Å². The van der Waals surface area contributed by atoms with E-state index in [0.29, 0.717) is 3.92 Å². The van der Waals surface area contributed by atoms with Gasteiger partial charge in [-0.3, -0.25) is 3.56 Å². The third-order valence-electron chi connectivity index (χ3n) is 1.73. The molecule has 0 aromatic heterocycles. The number of hydrogen-bond acceptors (Lipinski definition) is 2. The van der Waals surface area contributed by atoms with Crippen molar-refractivity contribution < 1.29 is 4.74 Å². The van der Waals surface area contributed by atoms with Gasteiger partial charge in [0, 0.05) is 9.49 Å². The van der Waals surface area contributed by atoms with Crippen molar-refractivity contribution in [2.24, 2.45) is 0 Å². The van der Waals surface area contributed by atoms with Crippen LogP contribution in [0.4, 0.5) is 0 Å². The second kappa shape index (κ2) is 4.54. The molecule has 1 aromatic carbocycles. The predicted octanol–water partition coefficient (Wildman–Crippen LogP) is 3.49. The zero-order chi connectivity index (χ0) is 8.97. The van der Waals surface area contributed by atoms with Gasteiger partial charge in [-0.2, -0.15) is 0 Å². The molecule has 1 rings (SSSR count). The molecule has 12 heavy (non-hydrogen) atoms. The number of hydrogen-bond donors (Lipinski definition) is 1. The van der Waals surface area contributed by atoms with E-state index in [9.17, 15) is 0 Å². The summed E-state index contributed by atoms with van der Waals surface area (Å²) in [5.41, 5.74) is 1.17. The van der Waals surface area contributed by atoms with E-state index in [1.165, 1.54) is 5.56 Å². The van der Waals surface area contributed by atoms with Crippen molar-refractivity contribution in [2.75, 3.05) is 7.11 Å². The minimum atomic E-state index is -0.487. The van der Waals surface area contributed by atoms with Crippen LogP contribution in [-0.2, 0) is 0 Å². The van der Waals surface area contributed by atoms with Crippen LogP contribution < -0.4 is 4.74 Å². The molecule has 1 N–H and O–H groups in total. The average Bonchev–Trinajstić information content (AvgIpc) is 2.16. The first-order valence-corrected chi connectivity index (χ1v) is 6.04. The Kier molecular flexibility index (Phi) is 3.65. The molecule has 0 fully saturated rings. The lowest BCUT2D eigenvalue weighted by Crippen LogP contribution is -1.91. The molecule has 0 amide bonds. The van der Waals surface area contributed by atoms with E-state index in [1.54, 1.807) is 7.11 Å². The van der Waals surface area contributed by atoms with Crippen molar-refractivity contribution in [2.45, 2.75) is 10.8 Å². The molecule has 1 unspecified atom stereocenters. The molecule has 2 nitrogen and oxygen atoms in total. The lowest BCUT2D eigenvalue weighted by Gasteiger charge is -2.09. The molecule has 0 heterocycles. The molecule has 0 spiro atoms. The van der Waals surface area contributed by atoms with Crippen molar-refractivity contribution in [3.8, 4) is 5.75 Å². The van der Waals surface area contributed by atoms with Gasteiger partial charge in [-0.1, -0.05) is 18.2 Å². The van der Waals surface area contributed by atoms with Crippen LogP contribution in [0.3, 0.4) is 0 Å². The summed E-state index contributed by atoms with van der Waals surface area (Å²) in [7, 11) is 1.67. The van der Waals surface area contributed by atoms with E-state index in [-0.39, 0.29) is 0 Å². The Morgan fingerprint density at radius 3 is 2.67 bits per heavy atom. The summed E-state index contributed by atoms with van der Waals surface area (Å²) in [5.74, 6) is 0.914. The maximum Gasteiger partial charge on any atom is 0.123 e. The third-order valence-corrected chi connectivity index (χ3v) is 3.34. The zero-order valence-electron chi connectivity index (χ0n) is 7.17. The third kappa shape index (κ3) is 2.03. The molecule has 66 valence electrons. The first kappa shape index (κ1) is 9.64. The van der Waals surface area contributed by atoms with Gasteiger partial charge in [-0.25, -0.2) is 0 Å². The summed E-state index contributed by atoms with van der Waals surface area (Å²) in [5, 5.41) is 0. The normalized spacial score (nSPS) is 12.5. The number of ether oxygens (including phenoxy) is 1. The van der Waals surface area contributed by atoms with Crippen molar-refractivity contribution >= 4 is 21.0 Å². The van der Waals surface area contributed by atoms with Crippen LogP contribution in [0.2, 0.25) is 0 Å². The van der Waals surface area contributed by atoms with E-state index < -0.39 is 21.0 Å². The van der Waals surface area contributed by atoms with Gasteiger partial charge in [0.2, 0.25) is 0 Å². The highest BCUT2D eigenvalue weighted by molar-refractivity contribution is 14.1. The Hall–Kier alpha value is -0.450. The summed E-state index contributed by atoms with van der Waals surface area (Å²) in [6.45, 7) is 2.08. The molecule has 3 heteroatoms. The van der Waals surface area contributed by atoms with Gasteiger partial charge in [-0.05, 0) is 34.0 Å².